The highest BCUT2D eigenvalue weighted by Crippen LogP contribution is 2.30. The van der Waals surface area contributed by atoms with Gasteiger partial charge in [-0.3, -0.25) is 9.36 Å². The number of para-hydroxylation sites is 2. The summed E-state index contributed by atoms with van der Waals surface area (Å²) < 4.78 is 13.8. The summed E-state index contributed by atoms with van der Waals surface area (Å²) in [5.41, 5.74) is -0.799. The second-order valence-corrected chi connectivity index (χ2v) is 5.60. The molecule has 8 nitrogen and oxygen atoms in total. The average molecular weight is 332 g/mol. The van der Waals surface area contributed by atoms with E-state index in [-0.39, 0.29) is 6.10 Å². The Morgan fingerprint density at radius 1 is 1.29 bits per heavy atom. The number of aryl methyl sites for hydroxylation is 1. The summed E-state index contributed by atoms with van der Waals surface area (Å²) in [4.78, 5) is 23.1. The number of ether oxygens (including phenoxy) is 2. The fourth-order valence-corrected chi connectivity index (χ4v) is 2.46. The molecule has 1 aromatic heterocycles. The van der Waals surface area contributed by atoms with Gasteiger partial charge in [0.15, 0.2) is 11.5 Å². The smallest absolute Gasteiger partial charge is 0.347 e. The summed E-state index contributed by atoms with van der Waals surface area (Å²) in [6, 6.07) is 7.60. The lowest BCUT2D eigenvalue weighted by atomic mass is 10.2. The van der Waals surface area contributed by atoms with Crippen LogP contribution in [0, 0.1) is 0 Å². The zero-order valence-corrected chi connectivity index (χ0v) is 13.5. The summed E-state index contributed by atoms with van der Waals surface area (Å²) in [6.45, 7) is 2.32. The Labute approximate surface area is 138 Å². The minimum absolute atomic E-state index is 0.0432. The first kappa shape index (κ1) is 16.3. The predicted molar refractivity (Wildman–Crippen MR) is 87.6 cm³/mol. The lowest BCUT2D eigenvalue weighted by Crippen LogP contribution is -2.40. The average Bonchev–Trinajstić information content (AvgIpc) is 2.61. The van der Waals surface area contributed by atoms with Gasteiger partial charge in [-0.1, -0.05) is 12.1 Å². The molecule has 0 bridgehead atoms. The van der Waals surface area contributed by atoms with Crippen molar-refractivity contribution in [1.29, 1.82) is 0 Å². The van der Waals surface area contributed by atoms with Crippen LogP contribution in [0.25, 0.3) is 0 Å². The number of hydrogen-bond acceptors (Lipinski definition) is 6. The SMILES string of the molecule is Cn1c(=O)cnn(CCCNCC2COc3ccccc3O2)c1=O. The monoisotopic (exact) mass is 332 g/mol. The second kappa shape index (κ2) is 7.31. The van der Waals surface area contributed by atoms with Crippen molar-refractivity contribution >= 4 is 0 Å². The Hall–Kier alpha value is -2.61. The van der Waals surface area contributed by atoms with Crippen molar-refractivity contribution in [3.05, 3.63) is 51.3 Å². The molecular weight excluding hydrogens is 312 g/mol. The molecule has 24 heavy (non-hydrogen) atoms. The van der Waals surface area contributed by atoms with Crippen molar-refractivity contribution in [3.63, 3.8) is 0 Å². The van der Waals surface area contributed by atoms with Crippen LogP contribution in [0.5, 0.6) is 11.5 Å². The quantitative estimate of drug-likeness (QED) is 0.735. The van der Waals surface area contributed by atoms with Crippen molar-refractivity contribution in [2.24, 2.45) is 7.05 Å². The highest BCUT2D eigenvalue weighted by atomic mass is 16.6. The van der Waals surface area contributed by atoms with E-state index in [9.17, 15) is 9.59 Å². The highest BCUT2D eigenvalue weighted by molar-refractivity contribution is 5.40. The van der Waals surface area contributed by atoms with Gasteiger partial charge in [0.1, 0.15) is 18.9 Å². The van der Waals surface area contributed by atoms with Gasteiger partial charge in [-0.25, -0.2) is 9.48 Å². The first-order chi connectivity index (χ1) is 11.6. The molecule has 1 atom stereocenters. The van der Waals surface area contributed by atoms with Crippen LogP contribution < -0.4 is 26.0 Å². The van der Waals surface area contributed by atoms with Crippen molar-refractivity contribution in [3.8, 4) is 11.5 Å². The Bertz CT molecular complexity index is 814. The van der Waals surface area contributed by atoms with Crippen molar-refractivity contribution in [2.45, 2.75) is 19.1 Å². The van der Waals surface area contributed by atoms with Gasteiger partial charge in [-0.15, -0.1) is 0 Å². The van der Waals surface area contributed by atoms with Gasteiger partial charge in [0, 0.05) is 20.1 Å². The summed E-state index contributed by atoms with van der Waals surface area (Å²) >= 11 is 0. The van der Waals surface area contributed by atoms with E-state index >= 15 is 0 Å². The zero-order chi connectivity index (χ0) is 16.9. The molecule has 0 amide bonds. The lowest BCUT2D eigenvalue weighted by Gasteiger charge is -2.26. The molecular formula is C16H20N4O4. The molecule has 2 heterocycles. The van der Waals surface area contributed by atoms with Crippen molar-refractivity contribution in [1.82, 2.24) is 19.7 Å². The molecule has 8 heteroatoms. The molecule has 3 rings (SSSR count). The fourth-order valence-electron chi connectivity index (χ4n) is 2.46. The zero-order valence-electron chi connectivity index (χ0n) is 13.5. The molecule has 1 aliphatic heterocycles. The number of nitrogens with zero attached hydrogens (tertiary/aromatic N) is 3. The molecule has 0 fully saturated rings. The van der Waals surface area contributed by atoms with E-state index < -0.39 is 11.2 Å². The Balaban J connectivity index is 1.42. The molecule has 1 N–H and O–H groups in total. The number of benzene rings is 1. The van der Waals surface area contributed by atoms with Crippen LogP contribution in [0.2, 0.25) is 0 Å². The molecule has 2 aromatic rings. The van der Waals surface area contributed by atoms with E-state index in [2.05, 4.69) is 10.4 Å². The first-order valence-electron chi connectivity index (χ1n) is 7.87. The summed E-state index contributed by atoms with van der Waals surface area (Å²) in [5, 5.41) is 7.13. The minimum Gasteiger partial charge on any atom is -0.486 e. The molecule has 1 aromatic carbocycles. The predicted octanol–water partition coefficient (Wildman–Crippen LogP) is -0.238. The van der Waals surface area contributed by atoms with Gasteiger partial charge in [0.25, 0.3) is 5.56 Å². The summed E-state index contributed by atoms with van der Waals surface area (Å²) in [6.07, 6.45) is 1.83. The maximum absolute atomic E-state index is 11.8. The normalized spacial score (nSPS) is 16.1. The van der Waals surface area contributed by atoms with Crippen LogP contribution in [0.15, 0.2) is 40.1 Å². The van der Waals surface area contributed by atoms with Crippen LogP contribution in [-0.4, -0.2) is 40.1 Å². The fraction of sp³-hybridized carbons (Fsp3) is 0.438. The Morgan fingerprint density at radius 3 is 2.92 bits per heavy atom. The van der Waals surface area contributed by atoms with Crippen LogP contribution in [0.3, 0.4) is 0 Å². The Kier molecular flexibility index (Phi) is 4.95. The van der Waals surface area contributed by atoms with Gasteiger partial charge in [-0.2, -0.15) is 5.10 Å². The van der Waals surface area contributed by atoms with E-state index in [1.165, 1.54) is 11.7 Å². The second-order valence-electron chi connectivity index (χ2n) is 5.60. The van der Waals surface area contributed by atoms with Gasteiger partial charge >= 0.3 is 5.69 Å². The largest absolute Gasteiger partial charge is 0.486 e. The van der Waals surface area contributed by atoms with Gasteiger partial charge in [0.05, 0.1) is 0 Å². The van der Waals surface area contributed by atoms with E-state index in [1.54, 1.807) is 0 Å². The molecule has 0 aliphatic carbocycles. The van der Waals surface area contributed by atoms with Gasteiger partial charge < -0.3 is 14.8 Å². The number of fused-ring (bicyclic) bond motifs is 1. The van der Waals surface area contributed by atoms with Crippen LogP contribution in [0.1, 0.15) is 6.42 Å². The van der Waals surface area contributed by atoms with E-state index in [4.69, 9.17) is 9.47 Å². The van der Waals surface area contributed by atoms with Crippen molar-refractivity contribution < 1.29 is 9.47 Å². The minimum atomic E-state index is -0.400. The van der Waals surface area contributed by atoms with E-state index in [1.807, 2.05) is 24.3 Å². The third-order valence-corrected chi connectivity index (χ3v) is 3.81. The van der Waals surface area contributed by atoms with Crippen molar-refractivity contribution in [2.75, 3.05) is 19.7 Å². The number of rotatable bonds is 6. The van der Waals surface area contributed by atoms with Crippen LogP contribution >= 0.6 is 0 Å². The van der Waals surface area contributed by atoms with Gasteiger partial charge in [-0.05, 0) is 25.1 Å². The first-order valence-corrected chi connectivity index (χ1v) is 7.87. The molecule has 1 unspecified atom stereocenters. The Morgan fingerprint density at radius 2 is 2.08 bits per heavy atom. The maximum atomic E-state index is 11.8. The van der Waals surface area contributed by atoms with E-state index in [0.717, 1.165) is 28.7 Å². The lowest BCUT2D eigenvalue weighted by molar-refractivity contribution is 0.0904. The molecule has 0 radical (unpaired) electrons. The summed E-state index contributed by atoms with van der Waals surface area (Å²) in [5.74, 6) is 1.53. The van der Waals surface area contributed by atoms with Crippen LogP contribution in [0.4, 0.5) is 0 Å². The summed E-state index contributed by atoms with van der Waals surface area (Å²) in [7, 11) is 1.44. The topological polar surface area (TPSA) is 87.4 Å². The number of hydrogen-bond donors (Lipinski definition) is 1. The van der Waals surface area contributed by atoms with Gasteiger partial charge in [0.2, 0.25) is 0 Å². The molecule has 0 saturated carbocycles. The van der Waals surface area contributed by atoms with Crippen LogP contribution in [-0.2, 0) is 13.6 Å². The molecule has 0 saturated heterocycles. The maximum Gasteiger partial charge on any atom is 0.347 e. The van der Waals surface area contributed by atoms with E-state index in [0.29, 0.717) is 26.2 Å². The molecule has 128 valence electrons. The highest BCUT2D eigenvalue weighted by Gasteiger charge is 2.19. The number of aromatic nitrogens is 3. The molecule has 1 aliphatic rings. The third-order valence-electron chi connectivity index (χ3n) is 3.81. The standard InChI is InChI=1S/C16H20N4O4/c1-19-15(21)10-18-20(16(19)22)8-4-7-17-9-12-11-23-13-5-2-3-6-14(13)24-12/h2-3,5-6,10,12,17H,4,7-9,11H2,1H3. The number of nitrogens with one attached hydrogen (secondary N) is 1. The third kappa shape index (κ3) is 3.65. The molecule has 0 spiro atoms.